The number of likely N-dealkylation sites (tertiary alicyclic amines) is 1. The quantitative estimate of drug-likeness (QED) is 0.194. The number of ether oxygens (including phenoxy) is 4. The van der Waals surface area contributed by atoms with Crippen LogP contribution in [0.4, 0.5) is 0 Å². The van der Waals surface area contributed by atoms with Crippen LogP contribution in [0, 0.1) is 0 Å². The van der Waals surface area contributed by atoms with Crippen molar-refractivity contribution in [2.24, 2.45) is 0 Å². The van der Waals surface area contributed by atoms with Crippen LogP contribution in [-0.4, -0.2) is 49.6 Å². The van der Waals surface area contributed by atoms with Crippen molar-refractivity contribution in [3.05, 3.63) is 88.5 Å². The number of aliphatic hydroxyl groups excluding tert-OH is 1. The van der Waals surface area contributed by atoms with Crippen molar-refractivity contribution < 1.29 is 33.6 Å². The van der Waals surface area contributed by atoms with E-state index in [1.165, 1.54) is 12.0 Å². The molecule has 4 rings (SSSR count). The zero-order chi connectivity index (χ0) is 29.9. The second kappa shape index (κ2) is 12.0. The summed E-state index contributed by atoms with van der Waals surface area (Å²) in [7, 11) is 4.63. The highest BCUT2D eigenvalue weighted by Crippen LogP contribution is 2.43. The number of carbonyl (C=O) groups excluding carboxylic acids is 2. The van der Waals surface area contributed by atoms with Crippen molar-refractivity contribution in [3.63, 3.8) is 0 Å². The summed E-state index contributed by atoms with van der Waals surface area (Å²) in [5.41, 5.74) is 2.37. The molecule has 1 aliphatic rings. The topological polar surface area (TPSA) is 94.5 Å². The SMILES string of the molecule is CCOc1ccc(/C(O)=C2/C(=O)C(=O)N(Cc3ccc(OC)c(OC)c3)C2c2cccc(OC)c2)cc1C(C)(C)C. The lowest BCUT2D eigenvalue weighted by atomic mass is 9.84. The van der Waals surface area contributed by atoms with E-state index in [0.717, 1.165) is 11.1 Å². The van der Waals surface area contributed by atoms with E-state index in [1.807, 2.05) is 45.9 Å². The van der Waals surface area contributed by atoms with E-state index in [-0.39, 0.29) is 23.3 Å². The third-order valence-electron chi connectivity index (χ3n) is 7.11. The van der Waals surface area contributed by atoms with Crippen molar-refractivity contribution in [1.82, 2.24) is 4.90 Å². The van der Waals surface area contributed by atoms with Crippen molar-refractivity contribution >= 4 is 17.4 Å². The Labute approximate surface area is 241 Å². The molecule has 1 aliphatic heterocycles. The Morgan fingerprint density at radius 2 is 1.59 bits per heavy atom. The molecule has 1 fully saturated rings. The van der Waals surface area contributed by atoms with Gasteiger partial charge in [-0.3, -0.25) is 9.59 Å². The van der Waals surface area contributed by atoms with Crippen LogP contribution in [0.3, 0.4) is 0 Å². The van der Waals surface area contributed by atoms with E-state index in [9.17, 15) is 14.7 Å². The lowest BCUT2D eigenvalue weighted by Crippen LogP contribution is -2.29. The summed E-state index contributed by atoms with van der Waals surface area (Å²) in [6.45, 7) is 8.65. The maximum Gasteiger partial charge on any atom is 0.295 e. The maximum atomic E-state index is 13.6. The Balaban J connectivity index is 1.89. The molecule has 0 bridgehead atoms. The van der Waals surface area contributed by atoms with Gasteiger partial charge in [0.05, 0.1) is 39.6 Å². The molecule has 0 aromatic heterocycles. The average Bonchev–Trinajstić information content (AvgIpc) is 3.21. The van der Waals surface area contributed by atoms with Gasteiger partial charge >= 0.3 is 0 Å². The van der Waals surface area contributed by atoms with Crippen LogP contribution >= 0.6 is 0 Å². The van der Waals surface area contributed by atoms with Gasteiger partial charge in [0.25, 0.3) is 11.7 Å². The molecule has 1 N–H and O–H groups in total. The minimum Gasteiger partial charge on any atom is -0.507 e. The van der Waals surface area contributed by atoms with Gasteiger partial charge in [-0.2, -0.15) is 0 Å². The number of methoxy groups -OCH3 is 3. The number of aliphatic hydroxyl groups is 1. The molecule has 1 amide bonds. The lowest BCUT2D eigenvalue weighted by molar-refractivity contribution is -0.140. The molecule has 1 heterocycles. The number of hydrogen-bond donors (Lipinski definition) is 1. The molecule has 0 radical (unpaired) electrons. The number of nitrogens with zero attached hydrogens (tertiary/aromatic N) is 1. The maximum absolute atomic E-state index is 13.6. The third kappa shape index (κ3) is 5.87. The molecule has 3 aromatic rings. The van der Waals surface area contributed by atoms with Crippen LogP contribution in [0.25, 0.3) is 5.76 Å². The third-order valence-corrected chi connectivity index (χ3v) is 7.11. The van der Waals surface area contributed by atoms with Crippen LogP contribution in [0.15, 0.2) is 66.2 Å². The highest BCUT2D eigenvalue weighted by molar-refractivity contribution is 6.46. The van der Waals surface area contributed by atoms with Gasteiger partial charge in [-0.1, -0.05) is 39.0 Å². The molecule has 1 unspecified atom stereocenters. The minimum absolute atomic E-state index is 0.00717. The van der Waals surface area contributed by atoms with E-state index >= 15 is 0 Å². The van der Waals surface area contributed by atoms with Gasteiger partial charge in [0.15, 0.2) is 11.5 Å². The number of hydrogen-bond acceptors (Lipinski definition) is 7. The molecular weight excluding hydrogens is 522 g/mol. The van der Waals surface area contributed by atoms with E-state index in [2.05, 4.69) is 0 Å². The Morgan fingerprint density at radius 3 is 2.22 bits per heavy atom. The Kier molecular flexibility index (Phi) is 8.61. The molecule has 216 valence electrons. The molecule has 0 spiro atoms. The standard InChI is InChI=1S/C33H37NO7/c1-8-41-25-15-13-22(18-24(25)33(2,3)4)30(35)28-29(21-10-9-11-23(17-21)38-5)34(32(37)31(28)36)19-20-12-14-26(39-6)27(16-20)40-7/h9-18,29,35H,8,19H2,1-7H3/b30-28-. The second-order valence-corrected chi connectivity index (χ2v) is 10.8. The summed E-state index contributed by atoms with van der Waals surface area (Å²) < 4.78 is 22.1. The Bertz CT molecular complexity index is 1490. The van der Waals surface area contributed by atoms with Crippen LogP contribution in [-0.2, 0) is 21.5 Å². The van der Waals surface area contributed by atoms with Gasteiger partial charge in [0.1, 0.15) is 17.3 Å². The van der Waals surface area contributed by atoms with Gasteiger partial charge in [0, 0.05) is 17.7 Å². The summed E-state index contributed by atoms with van der Waals surface area (Å²) in [6, 6.07) is 16.9. The van der Waals surface area contributed by atoms with Crippen molar-refractivity contribution in [2.75, 3.05) is 27.9 Å². The molecule has 8 heteroatoms. The number of rotatable bonds is 9. The first-order valence-corrected chi connectivity index (χ1v) is 13.4. The molecule has 41 heavy (non-hydrogen) atoms. The van der Waals surface area contributed by atoms with Crippen LogP contribution in [0.5, 0.6) is 23.0 Å². The summed E-state index contributed by atoms with van der Waals surface area (Å²) in [5.74, 6) is 0.596. The fraction of sp³-hybridized carbons (Fsp3) is 0.333. The van der Waals surface area contributed by atoms with Crippen molar-refractivity contribution in [2.45, 2.75) is 45.7 Å². The van der Waals surface area contributed by atoms with Crippen molar-refractivity contribution in [1.29, 1.82) is 0 Å². The minimum atomic E-state index is -0.858. The Hall–Kier alpha value is -4.46. The fourth-order valence-electron chi connectivity index (χ4n) is 5.08. The lowest BCUT2D eigenvalue weighted by Gasteiger charge is -2.26. The van der Waals surface area contributed by atoms with E-state index < -0.39 is 17.7 Å². The smallest absolute Gasteiger partial charge is 0.295 e. The van der Waals surface area contributed by atoms with Crippen LogP contribution in [0.1, 0.15) is 56.0 Å². The second-order valence-electron chi connectivity index (χ2n) is 10.8. The number of benzene rings is 3. The number of Topliss-reactive ketones (excluding diaryl/α,β-unsaturated/α-hetero) is 1. The molecule has 1 atom stereocenters. The zero-order valence-electron chi connectivity index (χ0n) is 24.6. The van der Waals surface area contributed by atoms with Gasteiger partial charge < -0.3 is 29.0 Å². The van der Waals surface area contributed by atoms with Gasteiger partial charge in [-0.05, 0) is 65.9 Å². The first-order chi connectivity index (χ1) is 19.5. The highest BCUT2D eigenvalue weighted by Gasteiger charge is 2.46. The van der Waals surface area contributed by atoms with Gasteiger partial charge in [0.2, 0.25) is 0 Å². The first kappa shape index (κ1) is 29.5. The number of carbonyl (C=O) groups is 2. The van der Waals surface area contributed by atoms with E-state index in [4.69, 9.17) is 18.9 Å². The first-order valence-electron chi connectivity index (χ1n) is 13.4. The van der Waals surface area contributed by atoms with Gasteiger partial charge in [-0.25, -0.2) is 0 Å². The molecule has 0 saturated carbocycles. The van der Waals surface area contributed by atoms with Crippen molar-refractivity contribution in [3.8, 4) is 23.0 Å². The predicted molar refractivity (Wildman–Crippen MR) is 157 cm³/mol. The van der Waals surface area contributed by atoms with Crippen LogP contribution < -0.4 is 18.9 Å². The summed E-state index contributed by atoms with van der Waals surface area (Å²) in [6.07, 6.45) is 0. The number of ketones is 1. The largest absolute Gasteiger partial charge is 0.507 e. The summed E-state index contributed by atoms with van der Waals surface area (Å²) in [4.78, 5) is 28.6. The van der Waals surface area contributed by atoms with E-state index in [1.54, 1.807) is 56.7 Å². The number of amides is 1. The zero-order valence-corrected chi connectivity index (χ0v) is 24.6. The summed E-state index contributed by atoms with van der Waals surface area (Å²) in [5, 5.41) is 11.7. The highest BCUT2D eigenvalue weighted by atomic mass is 16.5. The van der Waals surface area contributed by atoms with E-state index in [0.29, 0.717) is 40.7 Å². The molecule has 1 saturated heterocycles. The summed E-state index contributed by atoms with van der Waals surface area (Å²) >= 11 is 0. The predicted octanol–water partition coefficient (Wildman–Crippen LogP) is 6.03. The Morgan fingerprint density at radius 1 is 0.878 bits per heavy atom. The monoisotopic (exact) mass is 559 g/mol. The fourth-order valence-corrected chi connectivity index (χ4v) is 5.08. The molecule has 8 nitrogen and oxygen atoms in total. The molecule has 3 aromatic carbocycles. The van der Waals surface area contributed by atoms with Gasteiger partial charge in [-0.15, -0.1) is 0 Å². The van der Waals surface area contributed by atoms with Crippen LogP contribution in [0.2, 0.25) is 0 Å². The average molecular weight is 560 g/mol. The molecule has 0 aliphatic carbocycles. The normalized spacial score (nSPS) is 16.6. The molecular formula is C33H37NO7.